The summed E-state index contributed by atoms with van der Waals surface area (Å²) in [5.74, 6) is -1.98. The van der Waals surface area contributed by atoms with Crippen molar-refractivity contribution < 1.29 is 36.3 Å². The molecule has 0 bridgehead atoms. The molecular formula is C30H33F5N6O3S. The molecule has 1 amide bonds. The van der Waals surface area contributed by atoms with Crippen molar-refractivity contribution in [2.75, 3.05) is 26.2 Å². The van der Waals surface area contributed by atoms with Crippen molar-refractivity contribution in [1.82, 2.24) is 24.6 Å². The molecule has 0 saturated carbocycles. The van der Waals surface area contributed by atoms with Gasteiger partial charge in [0.05, 0.1) is 16.9 Å². The molecule has 242 valence electrons. The van der Waals surface area contributed by atoms with E-state index < -0.39 is 35.4 Å². The number of ether oxygens (including phenoxy) is 1. The molecule has 6 rings (SSSR count). The van der Waals surface area contributed by atoms with Gasteiger partial charge in [-0.1, -0.05) is 11.2 Å². The Morgan fingerprint density at radius 3 is 2.58 bits per heavy atom. The first-order valence-corrected chi connectivity index (χ1v) is 15.8. The molecule has 5 heterocycles. The number of carbonyl (C=O) groups excluding carboxylic acids is 1. The number of carbonyl (C=O) groups is 1. The number of benzene rings is 1. The summed E-state index contributed by atoms with van der Waals surface area (Å²) >= 11 is 1.56. The highest BCUT2D eigenvalue weighted by atomic mass is 32.1. The number of hydrogen-bond donors (Lipinski definition) is 0. The Labute approximate surface area is 260 Å². The summed E-state index contributed by atoms with van der Waals surface area (Å²) in [4.78, 5) is 27.7. The van der Waals surface area contributed by atoms with Crippen LogP contribution in [-0.2, 0) is 22.4 Å². The molecule has 0 spiro atoms. The minimum absolute atomic E-state index is 0.0584. The Morgan fingerprint density at radius 1 is 1.11 bits per heavy atom. The molecule has 3 aliphatic heterocycles. The number of likely N-dealkylation sites (tertiary alicyclic amines) is 2. The summed E-state index contributed by atoms with van der Waals surface area (Å²) in [7, 11) is 0. The highest BCUT2D eigenvalue weighted by Gasteiger charge is 2.37. The largest absolute Gasteiger partial charge is 0.484 e. The van der Waals surface area contributed by atoms with Crippen LogP contribution in [0.4, 0.5) is 22.0 Å². The number of amides is 1. The van der Waals surface area contributed by atoms with Crippen molar-refractivity contribution in [1.29, 1.82) is 0 Å². The lowest BCUT2D eigenvalue weighted by atomic mass is 9.95. The molecule has 45 heavy (non-hydrogen) atoms. The molecule has 3 aliphatic rings. The molecule has 2 aromatic heterocycles. The van der Waals surface area contributed by atoms with Gasteiger partial charge in [-0.3, -0.25) is 14.4 Å². The van der Waals surface area contributed by atoms with E-state index in [1.165, 1.54) is 13.0 Å². The SMILES string of the molecule is Cc1cc(C(F)(F)F)nn1CC(=O)N1CCCCC1N1CCC(c2nc(C3=NOC(COc4c(F)cccc4F)C3)cs2)CC1. The van der Waals surface area contributed by atoms with Crippen LogP contribution < -0.4 is 4.74 Å². The molecule has 1 aromatic carbocycles. The lowest BCUT2D eigenvalue weighted by molar-refractivity contribution is -0.144. The Morgan fingerprint density at radius 2 is 1.87 bits per heavy atom. The van der Waals surface area contributed by atoms with Crippen LogP contribution in [0, 0.1) is 18.6 Å². The number of hydrogen-bond acceptors (Lipinski definition) is 8. The molecule has 15 heteroatoms. The van der Waals surface area contributed by atoms with E-state index in [-0.39, 0.29) is 31.1 Å². The molecule has 3 aromatic rings. The van der Waals surface area contributed by atoms with Gasteiger partial charge in [-0.05, 0) is 57.2 Å². The third-order valence-electron chi connectivity index (χ3n) is 8.53. The maximum Gasteiger partial charge on any atom is 0.435 e. The lowest BCUT2D eigenvalue weighted by Crippen LogP contribution is -2.55. The van der Waals surface area contributed by atoms with E-state index in [4.69, 9.17) is 14.6 Å². The van der Waals surface area contributed by atoms with Gasteiger partial charge in [-0.15, -0.1) is 11.3 Å². The highest BCUT2D eigenvalue weighted by Crippen LogP contribution is 2.34. The number of thiazole rings is 1. The van der Waals surface area contributed by atoms with Gasteiger partial charge < -0.3 is 14.5 Å². The molecule has 9 nitrogen and oxygen atoms in total. The zero-order valence-corrected chi connectivity index (χ0v) is 25.4. The van der Waals surface area contributed by atoms with Crippen LogP contribution in [0.25, 0.3) is 0 Å². The van der Waals surface area contributed by atoms with Gasteiger partial charge in [0.15, 0.2) is 29.2 Å². The molecule has 2 fully saturated rings. The quantitative estimate of drug-likeness (QED) is 0.289. The van der Waals surface area contributed by atoms with Gasteiger partial charge >= 0.3 is 6.18 Å². The second-order valence-corrected chi connectivity index (χ2v) is 12.5. The van der Waals surface area contributed by atoms with Crippen LogP contribution in [0.3, 0.4) is 0 Å². The Balaban J connectivity index is 1.01. The third kappa shape index (κ3) is 6.98. The van der Waals surface area contributed by atoms with Crippen LogP contribution in [-0.4, -0.2) is 74.7 Å². The predicted molar refractivity (Wildman–Crippen MR) is 155 cm³/mol. The van der Waals surface area contributed by atoms with E-state index in [1.807, 2.05) is 5.38 Å². The molecule has 2 saturated heterocycles. The van der Waals surface area contributed by atoms with Crippen molar-refractivity contribution in [3.8, 4) is 5.75 Å². The van der Waals surface area contributed by atoms with Crippen molar-refractivity contribution in [3.63, 3.8) is 0 Å². The molecule has 0 radical (unpaired) electrons. The zero-order chi connectivity index (χ0) is 31.7. The first-order valence-electron chi connectivity index (χ1n) is 15.0. The van der Waals surface area contributed by atoms with Crippen LogP contribution in [0.15, 0.2) is 34.8 Å². The smallest absolute Gasteiger partial charge is 0.435 e. The molecule has 0 aliphatic carbocycles. The van der Waals surface area contributed by atoms with E-state index in [9.17, 15) is 26.7 Å². The maximum atomic E-state index is 13.9. The van der Waals surface area contributed by atoms with E-state index in [0.29, 0.717) is 30.1 Å². The van der Waals surface area contributed by atoms with Crippen molar-refractivity contribution >= 4 is 23.0 Å². The average Bonchev–Trinajstić information content (AvgIpc) is 3.77. The van der Waals surface area contributed by atoms with Gasteiger partial charge in [-0.2, -0.15) is 18.3 Å². The van der Waals surface area contributed by atoms with Crippen molar-refractivity contribution in [2.24, 2.45) is 5.16 Å². The second kappa shape index (κ2) is 13.0. The van der Waals surface area contributed by atoms with Gasteiger partial charge in [0, 0.05) is 43.0 Å². The van der Waals surface area contributed by atoms with E-state index in [0.717, 1.165) is 73.1 Å². The van der Waals surface area contributed by atoms with Gasteiger partial charge in [-0.25, -0.2) is 13.8 Å². The number of nitrogens with zero attached hydrogens (tertiary/aromatic N) is 6. The fourth-order valence-electron chi connectivity index (χ4n) is 6.13. The Kier molecular flexibility index (Phi) is 9.09. The number of aromatic nitrogens is 3. The van der Waals surface area contributed by atoms with E-state index in [2.05, 4.69) is 15.2 Å². The normalized spacial score (nSPS) is 21.6. The summed E-state index contributed by atoms with van der Waals surface area (Å²) < 4.78 is 73.5. The molecular weight excluding hydrogens is 619 g/mol. The zero-order valence-electron chi connectivity index (χ0n) is 24.6. The van der Waals surface area contributed by atoms with Crippen molar-refractivity contribution in [3.05, 3.63) is 63.4 Å². The first kappa shape index (κ1) is 31.4. The number of para-hydroxylation sites is 1. The second-order valence-electron chi connectivity index (χ2n) is 11.6. The Hall–Kier alpha value is -3.59. The average molecular weight is 653 g/mol. The summed E-state index contributed by atoms with van der Waals surface area (Å²) in [5.41, 5.74) is 0.672. The topological polar surface area (TPSA) is 85.1 Å². The number of piperidine rings is 2. The number of alkyl halides is 3. The van der Waals surface area contributed by atoms with Crippen molar-refractivity contribution in [2.45, 2.75) is 76.4 Å². The number of oxime groups is 1. The summed E-state index contributed by atoms with van der Waals surface area (Å²) in [5, 5.41) is 10.7. The predicted octanol–water partition coefficient (Wildman–Crippen LogP) is 5.74. The Bertz CT molecular complexity index is 1530. The number of aryl methyl sites for hydroxylation is 1. The fourth-order valence-corrected chi connectivity index (χ4v) is 7.13. The minimum Gasteiger partial charge on any atom is -0.484 e. The van der Waals surface area contributed by atoms with Crippen LogP contribution in [0.5, 0.6) is 5.75 Å². The van der Waals surface area contributed by atoms with Crippen LogP contribution in [0.2, 0.25) is 0 Å². The summed E-state index contributed by atoms with van der Waals surface area (Å²) in [6.07, 6.45) is -0.384. The molecule has 2 atom stereocenters. The van der Waals surface area contributed by atoms with Crippen LogP contribution >= 0.6 is 11.3 Å². The van der Waals surface area contributed by atoms with Crippen LogP contribution in [0.1, 0.15) is 66.5 Å². The lowest BCUT2D eigenvalue weighted by Gasteiger charge is -2.45. The monoisotopic (exact) mass is 652 g/mol. The highest BCUT2D eigenvalue weighted by molar-refractivity contribution is 7.10. The maximum absolute atomic E-state index is 13.9. The van der Waals surface area contributed by atoms with Gasteiger partial charge in [0.1, 0.15) is 18.9 Å². The minimum atomic E-state index is -4.56. The summed E-state index contributed by atoms with van der Waals surface area (Å²) in [6, 6.07) is 4.49. The third-order valence-corrected chi connectivity index (χ3v) is 9.54. The molecule has 2 unspecified atom stereocenters. The fraction of sp³-hybridized carbons (Fsp3) is 0.533. The van der Waals surface area contributed by atoms with Gasteiger partial charge in [0.25, 0.3) is 0 Å². The van der Waals surface area contributed by atoms with E-state index >= 15 is 0 Å². The van der Waals surface area contributed by atoms with E-state index in [1.54, 1.807) is 16.2 Å². The summed E-state index contributed by atoms with van der Waals surface area (Å²) in [6.45, 7) is 3.34. The molecule has 0 N–H and O–H groups in total. The number of halogens is 5. The standard InChI is InChI=1S/C30H33F5N6O3S/c1-18-13-25(30(33,34)35)37-41(18)15-27(42)40-10-3-2-7-26(40)39-11-8-19(9-12-39)29-36-24(17-45-29)23-14-20(44-38-23)16-43-28-21(31)5-4-6-22(28)32/h4-6,13,17,19-20,26H,2-3,7-12,14-16H2,1H3. The van der Waals surface area contributed by atoms with Gasteiger partial charge in [0.2, 0.25) is 5.91 Å². The first-order chi connectivity index (χ1) is 21.6. The number of rotatable bonds is 8.